The summed E-state index contributed by atoms with van der Waals surface area (Å²) in [4.78, 5) is 23.9. The van der Waals surface area contributed by atoms with Gasteiger partial charge < -0.3 is 10.1 Å². The molecule has 3 aromatic carbocycles. The molecule has 196 valence electrons. The molecule has 8 heteroatoms. The molecule has 4 aromatic rings. The summed E-state index contributed by atoms with van der Waals surface area (Å²) in [7, 11) is 1.98. The van der Waals surface area contributed by atoms with Gasteiger partial charge in [-0.1, -0.05) is 47.7 Å². The molecule has 1 aliphatic rings. The van der Waals surface area contributed by atoms with Crippen molar-refractivity contribution in [1.29, 1.82) is 0 Å². The summed E-state index contributed by atoms with van der Waals surface area (Å²) in [6.07, 6.45) is 5.77. The Balaban J connectivity index is 1.27. The number of aryl methyl sites for hydroxylation is 2. The topological polar surface area (TPSA) is 98.1 Å². The molecule has 0 saturated heterocycles. The molecule has 0 unspecified atom stereocenters. The van der Waals surface area contributed by atoms with Gasteiger partial charge in [0.25, 0.3) is 0 Å². The fourth-order valence-electron chi connectivity index (χ4n) is 5.14. The largest absolute Gasteiger partial charge is 0.446 e. The number of rotatable bonds is 9. The van der Waals surface area contributed by atoms with Gasteiger partial charge in [-0.05, 0) is 81.0 Å². The second kappa shape index (κ2) is 12.0. The number of benzene rings is 3. The fraction of sp³-hybridized carbons (Fsp3) is 0.333. The van der Waals surface area contributed by atoms with Crippen molar-refractivity contribution in [3.63, 3.8) is 0 Å². The highest BCUT2D eigenvalue weighted by molar-refractivity contribution is 5.92. The number of carbonyl (C=O) groups is 2. The molecule has 1 amide bonds. The van der Waals surface area contributed by atoms with Crippen molar-refractivity contribution in [2.45, 2.75) is 57.2 Å². The number of nitrogens with one attached hydrogen (secondary N) is 2. The summed E-state index contributed by atoms with van der Waals surface area (Å²) < 4.78 is 7.65. The first-order valence-corrected chi connectivity index (χ1v) is 13.2. The Bertz CT molecular complexity index is 1390. The summed E-state index contributed by atoms with van der Waals surface area (Å²) in [5.74, 6) is 0. The van der Waals surface area contributed by atoms with Gasteiger partial charge in [0.2, 0.25) is 0 Å². The molecule has 1 heterocycles. The van der Waals surface area contributed by atoms with Gasteiger partial charge in [-0.15, -0.1) is 5.10 Å². The predicted molar refractivity (Wildman–Crippen MR) is 148 cm³/mol. The van der Waals surface area contributed by atoms with E-state index in [0.29, 0.717) is 23.7 Å². The normalized spacial score (nSPS) is 17.3. The maximum atomic E-state index is 12.9. The fourth-order valence-corrected chi connectivity index (χ4v) is 5.14. The number of fused-ring (bicyclic) bond motifs is 1. The van der Waals surface area contributed by atoms with Crippen molar-refractivity contribution in [3.8, 4) is 11.1 Å². The van der Waals surface area contributed by atoms with Crippen LogP contribution in [0, 0.1) is 0 Å². The van der Waals surface area contributed by atoms with E-state index in [0.717, 1.165) is 72.7 Å². The van der Waals surface area contributed by atoms with Crippen molar-refractivity contribution in [3.05, 3.63) is 77.9 Å². The quantitative estimate of drug-likeness (QED) is 0.283. The van der Waals surface area contributed by atoms with Gasteiger partial charge >= 0.3 is 6.09 Å². The van der Waals surface area contributed by atoms with Crippen LogP contribution in [0.25, 0.3) is 22.2 Å². The molecule has 0 atom stereocenters. The third-order valence-electron chi connectivity index (χ3n) is 7.27. The lowest BCUT2D eigenvalue weighted by atomic mass is 9.93. The second-order valence-electron chi connectivity index (χ2n) is 9.82. The smallest absolute Gasteiger partial charge is 0.411 e. The Morgan fingerprint density at radius 3 is 2.63 bits per heavy atom. The third-order valence-corrected chi connectivity index (χ3v) is 7.27. The first-order chi connectivity index (χ1) is 18.6. The van der Waals surface area contributed by atoms with Crippen LogP contribution in [0.4, 0.5) is 10.5 Å². The van der Waals surface area contributed by atoms with E-state index in [9.17, 15) is 9.59 Å². The first kappa shape index (κ1) is 25.6. The van der Waals surface area contributed by atoms with Gasteiger partial charge in [0.05, 0.1) is 11.2 Å². The van der Waals surface area contributed by atoms with Crippen molar-refractivity contribution < 1.29 is 14.3 Å². The number of carbonyl (C=O) groups excluding carboxylic acids is 2. The van der Waals surface area contributed by atoms with Crippen molar-refractivity contribution in [1.82, 2.24) is 20.3 Å². The van der Waals surface area contributed by atoms with Gasteiger partial charge in [0.15, 0.2) is 0 Å². The molecule has 1 aliphatic carbocycles. The highest BCUT2D eigenvalue weighted by Gasteiger charge is 2.23. The molecular weight excluding hydrogens is 478 g/mol. The minimum absolute atomic E-state index is 0.0527. The number of amides is 1. The van der Waals surface area contributed by atoms with Gasteiger partial charge in [0.1, 0.15) is 17.9 Å². The number of aromatic nitrogens is 3. The van der Waals surface area contributed by atoms with E-state index in [-0.39, 0.29) is 6.10 Å². The number of nitrogens with zero attached hydrogens (tertiary/aromatic N) is 3. The zero-order valence-electron chi connectivity index (χ0n) is 21.6. The lowest BCUT2D eigenvalue weighted by molar-refractivity contribution is 0.0800. The maximum absolute atomic E-state index is 12.9. The Morgan fingerprint density at radius 1 is 1.05 bits per heavy atom. The Labute approximate surface area is 222 Å². The molecule has 38 heavy (non-hydrogen) atoms. The number of aldehydes is 1. The van der Waals surface area contributed by atoms with Crippen LogP contribution in [0.1, 0.15) is 48.0 Å². The van der Waals surface area contributed by atoms with Gasteiger partial charge in [-0.2, -0.15) is 0 Å². The van der Waals surface area contributed by atoms with Gasteiger partial charge in [-0.25, -0.2) is 9.48 Å². The highest BCUT2D eigenvalue weighted by Crippen LogP contribution is 2.30. The molecule has 0 radical (unpaired) electrons. The van der Waals surface area contributed by atoms with Crippen molar-refractivity contribution >= 4 is 29.1 Å². The third kappa shape index (κ3) is 6.08. The first-order valence-electron chi connectivity index (χ1n) is 13.2. The summed E-state index contributed by atoms with van der Waals surface area (Å²) >= 11 is 0. The second-order valence-corrected chi connectivity index (χ2v) is 9.82. The van der Waals surface area contributed by atoms with Crippen molar-refractivity contribution in [2.75, 3.05) is 12.4 Å². The Kier molecular flexibility index (Phi) is 8.09. The minimum atomic E-state index is -0.406. The van der Waals surface area contributed by atoms with E-state index >= 15 is 0 Å². The van der Waals surface area contributed by atoms with E-state index in [1.165, 1.54) is 0 Å². The van der Waals surface area contributed by atoms with Crippen LogP contribution in [-0.4, -0.2) is 46.6 Å². The summed E-state index contributed by atoms with van der Waals surface area (Å²) in [6.45, 7) is 0.692. The van der Waals surface area contributed by atoms with Gasteiger partial charge in [-0.3, -0.25) is 10.1 Å². The lowest BCUT2D eigenvalue weighted by Gasteiger charge is -2.28. The lowest BCUT2D eigenvalue weighted by Crippen LogP contribution is -2.34. The summed E-state index contributed by atoms with van der Waals surface area (Å²) in [5, 5.41) is 14.8. The molecule has 1 aromatic heterocycles. The molecule has 0 bridgehead atoms. The zero-order chi connectivity index (χ0) is 26.3. The molecule has 8 nitrogen and oxygen atoms in total. The van der Waals surface area contributed by atoms with E-state index in [1.807, 2.05) is 54.2 Å². The average Bonchev–Trinajstić information content (AvgIpc) is 3.36. The maximum Gasteiger partial charge on any atom is 0.411 e. The molecule has 1 fully saturated rings. The number of ether oxygens (including phenoxy) is 1. The van der Waals surface area contributed by atoms with Crippen LogP contribution in [0.3, 0.4) is 0 Å². The molecular formula is C30H33N5O3. The van der Waals surface area contributed by atoms with Crippen LogP contribution < -0.4 is 10.6 Å². The van der Waals surface area contributed by atoms with Crippen LogP contribution in [-0.2, 0) is 17.7 Å². The van der Waals surface area contributed by atoms with Gasteiger partial charge in [0, 0.05) is 23.7 Å². The summed E-state index contributed by atoms with van der Waals surface area (Å²) in [6, 6.07) is 22.2. The Morgan fingerprint density at radius 2 is 1.87 bits per heavy atom. The number of anilines is 1. The number of hydrogen-bond donors (Lipinski definition) is 2. The molecule has 2 N–H and O–H groups in total. The Hall–Kier alpha value is -4.04. The molecule has 5 rings (SSSR count). The monoisotopic (exact) mass is 511 g/mol. The number of hydrogen-bond acceptors (Lipinski definition) is 6. The standard InChI is InChI=1S/C30H33N5O3/c1-31-24-11-13-25(14-12-24)38-30(37)32-27-18-21(9-15-26(27)23-7-3-2-4-8-23)6-5-17-35-29-16-10-22(20-36)19-28(29)33-34-35/h2-4,7-10,15-16,18-20,24-25,31H,5-6,11-14,17H2,1H3,(H,32,37). The molecule has 0 aliphatic heterocycles. The predicted octanol–water partition coefficient (Wildman–Crippen LogP) is 5.62. The van der Waals surface area contributed by atoms with Crippen LogP contribution in [0.15, 0.2) is 66.7 Å². The van der Waals surface area contributed by atoms with Crippen LogP contribution >= 0.6 is 0 Å². The van der Waals surface area contributed by atoms with Crippen LogP contribution in [0.5, 0.6) is 0 Å². The van der Waals surface area contributed by atoms with E-state index in [2.05, 4.69) is 33.1 Å². The van der Waals surface area contributed by atoms with Crippen LogP contribution in [0.2, 0.25) is 0 Å². The van der Waals surface area contributed by atoms with E-state index < -0.39 is 6.09 Å². The van der Waals surface area contributed by atoms with E-state index in [1.54, 1.807) is 12.1 Å². The minimum Gasteiger partial charge on any atom is -0.446 e. The summed E-state index contributed by atoms with van der Waals surface area (Å²) in [5.41, 5.74) is 6.06. The average molecular weight is 512 g/mol. The molecule has 1 saturated carbocycles. The van der Waals surface area contributed by atoms with Crippen molar-refractivity contribution in [2.24, 2.45) is 0 Å². The van der Waals surface area contributed by atoms with E-state index in [4.69, 9.17) is 4.74 Å². The SMILES string of the molecule is CNC1CCC(OC(=O)Nc2cc(CCCn3nnc4cc(C=O)ccc43)ccc2-c2ccccc2)CC1. The highest BCUT2D eigenvalue weighted by atomic mass is 16.6. The molecule has 0 spiro atoms. The zero-order valence-corrected chi connectivity index (χ0v) is 21.6.